The van der Waals surface area contributed by atoms with Gasteiger partial charge in [0.1, 0.15) is 0 Å². The summed E-state index contributed by atoms with van der Waals surface area (Å²) in [6.07, 6.45) is 4.43. The van der Waals surface area contributed by atoms with Crippen LogP contribution in [0.25, 0.3) is 0 Å². The minimum absolute atomic E-state index is 0.234. The van der Waals surface area contributed by atoms with Gasteiger partial charge in [-0.15, -0.1) is 0 Å². The topological polar surface area (TPSA) is 29.5 Å². The van der Waals surface area contributed by atoms with Crippen molar-refractivity contribution in [3.63, 3.8) is 0 Å². The first kappa shape index (κ1) is 13.1. The predicted octanol–water partition coefficient (Wildman–Crippen LogP) is 1.82. The zero-order valence-electron chi connectivity index (χ0n) is 10.3. The van der Waals surface area contributed by atoms with Crippen molar-refractivity contribution in [2.45, 2.75) is 45.6 Å². The summed E-state index contributed by atoms with van der Waals surface area (Å²) in [6, 6.07) is 0. The highest BCUT2D eigenvalue weighted by molar-refractivity contribution is 5.66. The fourth-order valence-electron chi connectivity index (χ4n) is 1.80. The molecule has 1 rings (SSSR count). The van der Waals surface area contributed by atoms with Crippen molar-refractivity contribution in [2.75, 3.05) is 19.6 Å². The van der Waals surface area contributed by atoms with Gasteiger partial charge >= 0.3 is 5.97 Å². The van der Waals surface area contributed by atoms with Crippen LogP contribution in [0.3, 0.4) is 0 Å². The standard InChI is InChI=1S/C13H21NO2/c1-3-13(16-12(2)15)8-7-11-14-9-5-4-6-10-14/h13H,3-6,9-11H2,1-2H3. The third-order valence-corrected chi connectivity index (χ3v) is 2.69. The van der Waals surface area contributed by atoms with Crippen LogP contribution in [0.5, 0.6) is 0 Å². The van der Waals surface area contributed by atoms with Crippen molar-refractivity contribution in [3.05, 3.63) is 0 Å². The van der Waals surface area contributed by atoms with Crippen LogP contribution < -0.4 is 0 Å². The van der Waals surface area contributed by atoms with Crippen molar-refractivity contribution in [3.8, 4) is 11.8 Å². The highest BCUT2D eigenvalue weighted by Gasteiger charge is 2.08. The first-order valence-corrected chi connectivity index (χ1v) is 6.10. The molecule has 1 unspecified atom stereocenters. The molecule has 0 aromatic rings. The second kappa shape index (κ2) is 7.29. The molecule has 0 aliphatic carbocycles. The molecule has 0 spiro atoms. The molecule has 0 saturated carbocycles. The number of hydrogen-bond acceptors (Lipinski definition) is 3. The Hall–Kier alpha value is -1.01. The Balaban J connectivity index is 2.30. The van der Waals surface area contributed by atoms with Gasteiger partial charge in [0.2, 0.25) is 0 Å². The Morgan fingerprint density at radius 2 is 2.06 bits per heavy atom. The smallest absolute Gasteiger partial charge is 0.303 e. The van der Waals surface area contributed by atoms with E-state index >= 15 is 0 Å². The zero-order chi connectivity index (χ0) is 11.8. The van der Waals surface area contributed by atoms with Crippen molar-refractivity contribution >= 4 is 5.97 Å². The Morgan fingerprint density at radius 3 is 2.62 bits per heavy atom. The summed E-state index contributed by atoms with van der Waals surface area (Å²) >= 11 is 0. The van der Waals surface area contributed by atoms with Gasteiger partial charge < -0.3 is 4.74 Å². The van der Waals surface area contributed by atoms with Crippen LogP contribution in [0.1, 0.15) is 39.5 Å². The molecule has 90 valence electrons. The Kier molecular flexibility index (Phi) is 5.95. The van der Waals surface area contributed by atoms with E-state index in [0.717, 1.165) is 26.1 Å². The van der Waals surface area contributed by atoms with Gasteiger partial charge in [-0.2, -0.15) is 0 Å². The minimum Gasteiger partial charge on any atom is -0.449 e. The van der Waals surface area contributed by atoms with E-state index in [-0.39, 0.29) is 12.1 Å². The molecular weight excluding hydrogens is 202 g/mol. The lowest BCUT2D eigenvalue weighted by atomic mass is 10.1. The van der Waals surface area contributed by atoms with Crippen LogP contribution in [0, 0.1) is 11.8 Å². The van der Waals surface area contributed by atoms with E-state index in [9.17, 15) is 4.79 Å². The molecule has 0 amide bonds. The molecule has 3 heteroatoms. The van der Waals surface area contributed by atoms with Crippen LogP contribution in [-0.2, 0) is 9.53 Å². The predicted molar refractivity (Wildman–Crippen MR) is 63.9 cm³/mol. The van der Waals surface area contributed by atoms with E-state index in [0.29, 0.717) is 0 Å². The molecule has 1 aliphatic heterocycles. The molecule has 1 saturated heterocycles. The lowest BCUT2D eigenvalue weighted by Gasteiger charge is -2.23. The second-order valence-electron chi connectivity index (χ2n) is 4.16. The van der Waals surface area contributed by atoms with Crippen molar-refractivity contribution in [2.24, 2.45) is 0 Å². The van der Waals surface area contributed by atoms with Gasteiger partial charge in [0.05, 0.1) is 6.54 Å². The normalized spacial score (nSPS) is 18.4. The summed E-state index contributed by atoms with van der Waals surface area (Å²) in [4.78, 5) is 13.1. The van der Waals surface area contributed by atoms with Gasteiger partial charge in [0.15, 0.2) is 6.10 Å². The summed E-state index contributed by atoms with van der Waals surface area (Å²) in [7, 11) is 0. The lowest BCUT2D eigenvalue weighted by molar-refractivity contribution is -0.143. The van der Waals surface area contributed by atoms with E-state index in [1.54, 1.807) is 0 Å². The first-order valence-electron chi connectivity index (χ1n) is 6.10. The molecule has 1 aliphatic rings. The molecule has 0 bridgehead atoms. The van der Waals surface area contributed by atoms with Gasteiger partial charge in [0.25, 0.3) is 0 Å². The monoisotopic (exact) mass is 223 g/mol. The molecule has 0 aromatic heterocycles. The number of nitrogens with zero attached hydrogens (tertiary/aromatic N) is 1. The van der Waals surface area contributed by atoms with E-state index in [1.807, 2.05) is 6.92 Å². The van der Waals surface area contributed by atoms with E-state index in [1.165, 1.54) is 26.2 Å². The maximum absolute atomic E-state index is 10.8. The highest BCUT2D eigenvalue weighted by atomic mass is 16.5. The second-order valence-corrected chi connectivity index (χ2v) is 4.16. The maximum atomic E-state index is 10.8. The molecule has 1 fully saturated rings. The summed E-state index contributed by atoms with van der Waals surface area (Å²) in [5.74, 6) is 5.87. The Morgan fingerprint density at radius 1 is 1.38 bits per heavy atom. The van der Waals surface area contributed by atoms with Gasteiger partial charge in [0, 0.05) is 6.92 Å². The molecule has 0 aromatic carbocycles. The van der Waals surface area contributed by atoms with Crippen molar-refractivity contribution in [1.82, 2.24) is 4.90 Å². The van der Waals surface area contributed by atoms with Crippen molar-refractivity contribution < 1.29 is 9.53 Å². The summed E-state index contributed by atoms with van der Waals surface area (Å²) < 4.78 is 5.06. The largest absolute Gasteiger partial charge is 0.449 e. The Labute approximate surface area is 98.1 Å². The summed E-state index contributed by atoms with van der Waals surface area (Å²) in [5.41, 5.74) is 0. The number of hydrogen-bond donors (Lipinski definition) is 0. The van der Waals surface area contributed by atoms with Gasteiger partial charge in [-0.05, 0) is 32.4 Å². The maximum Gasteiger partial charge on any atom is 0.303 e. The molecule has 16 heavy (non-hydrogen) atoms. The number of carbonyl (C=O) groups is 1. The van der Waals surface area contributed by atoms with Crippen LogP contribution in [0.15, 0.2) is 0 Å². The molecule has 1 heterocycles. The third kappa shape index (κ3) is 5.18. The number of likely N-dealkylation sites (tertiary alicyclic amines) is 1. The van der Waals surface area contributed by atoms with Crippen LogP contribution >= 0.6 is 0 Å². The highest BCUT2D eigenvalue weighted by Crippen LogP contribution is 2.07. The molecule has 0 radical (unpaired) electrons. The first-order chi connectivity index (χ1) is 7.72. The van der Waals surface area contributed by atoms with Gasteiger partial charge in [-0.1, -0.05) is 25.2 Å². The third-order valence-electron chi connectivity index (χ3n) is 2.69. The minimum atomic E-state index is -0.251. The number of ether oxygens (including phenoxy) is 1. The average molecular weight is 223 g/mol. The summed E-state index contributed by atoms with van der Waals surface area (Å²) in [6.45, 7) is 6.51. The fraction of sp³-hybridized carbons (Fsp3) is 0.769. The van der Waals surface area contributed by atoms with Crippen LogP contribution in [0.4, 0.5) is 0 Å². The Bertz CT molecular complexity index is 271. The molecular formula is C13H21NO2. The molecule has 3 nitrogen and oxygen atoms in total. The van der Waals surface area contributed by atoms with E-state index in [4.69, 9.17) is 4.74 Å². The van der Waals surface area contributed by atoms with E-state index in [2.05, 4.69) is 16.7 Å². The lowest BCUT2D eigenvalue weighted by Crippen LogP contribution is -2.30. The van der Waals surface area contributed by atoms with Gasteiger partial charge in [-0.25, -0.2) is 0 Å². The fourth-order valence-corrected chi connectivity index (χ4v) is 1.80. The number of carbonyl (C=O) groups excluding carboxylic acids is 1. The SMILES string of the molecule is CCC(C#CCN1CCCCC1)OC(C)=O. The van der Waals surface area contributed by atoms with E-state index < -0.39 is 0 Å². The summed E-state index contributed by atoms with van der Waals surface area (Å²) in [5, 5.41) is 0. The van der Waals surface area contributed by atoms with Crippen LogP contribution in [-0.4, -0.2) is 36.6 Å². The van der Waals surface area contributed by atoms with Crippen LogP contribution in [0.2, 0.25) is 0 Å². The number of piperidine rings is 1. The number of rotatable bonds is 3. The quantitative estimate of drug-likeness (QED) is 0.540. The van der Waals surface area contributed by atoms with Gasteiger partial charge in [-0.3, -0.25) is 9.69 Å². The molecule has 0 N–H and O–H groups in total. The zero-order valence-corrected chi connectivity index (χ0v) is 10.3. The van der Waals surface area contributed by atoms with Crippen molar-refractivity contribution in [1.29, 1.82) is 0 Å². The average Bonchev–Trinajstić information content (AvgIpc) is 2.28. The molecule has 1 atom stereocenters. The number of esters is 1.